The van der Waals surface area contributed by atoms with E-state index in [1.807, 2.05) is 0 Å². The van der Waals surface area contributed by atoms with Crippen molar-refractivity contribution in [2.24, 2.45) is 10.9 Å². The van der Waals surface area contributed by atoms with Crippen LogP contribution in [0.1, 0.15) is 25.4 Å². The second-order valence-electron chi connectivity index (χ2n) is 7.61. The topological polar surface area (TPSA) is 258 Å². The predicted octanol–water partition coefficient (Wildman–Crippen LogP) is -2.44. The molecule has 2 atom stereocenters. The van der Waals surface area contributed by atoms with Crippen LogP contribution in [0.4, 0.5) is 5.13 Å². The van der Waals surface area contributed by atoms with Gasteiger partial charge in [-0.25, -0.2) is 23.7 Å². The molecule has 17 nitrogen and oxygen atoms in total. The number of amides is 2. The Hall–Kier alpha value is -3.68. The second kappa shape index (κ2) is 9.52. The van der Waals surface area contributed by atoms with Gasteiger partial charge in [-0.15, -0.1) is 11.3 Å². The summed E-state index contributed by atoms with van der Waals surface area (Å²) in [5.41, 5.74) is 8.74. The highest BCUT2D eigenvalue weighted by molar-refractivity contribution is 7.84. The maximum Gasteiger partial charge on any atom is 0.362 e. The lowest BCUT2D eigenvalue weighted by Crippen LogP contribution is -2.73. The summed E-state index contributed by atoms with van der Waals surface area (Å²) in [6, 6.07) is -2.75. The van der Waals surface area contributed by atoms with E-state index in [2.05, 4.69) is 25.5 Å². The first-order valence-corrected chi connectivity index (χ1v) is 11.9. The smallest absolute Gasteiger partial charge is 0.362 e. The van der Waals surface area contributed by atoms with Crippen molar-refractivity contribution in [1.82, 2.24) is 29.4 Å². The molecule has 2 aromatic rings. The van der Waals surface area contributed by atoms with Crippen molar-refractivity contribution in [1.29, 1.82) is 0 Å². The zero-order valence-corrected chi connectivity index (χ0v) is 19.9. The number of nitrogens with one attached hydrogen (secondary N) is 1. The van der Waals surface area contributed by atoms with E-state index in [4.69, 9.17) is 16.3 Å². The number of carboxylic acid groups (broad SMARTS) is 1. The zero-order valence-electron chi connectivity index (χ0n) is 18.2. The number of β-lactam (4-membered cyclic amide) rings is 1. The summed E-state index contributed by atoms with van der Waals surface area (Å²) in [4.78, 5) is 49.7. The third-order valence-electron chi connectivity index (χ3n) is 4.80. The van der Waals surface area contributed by atoms with Crippen molar-refractivity contribution >= 4 is 50.3 Å². The number of nitrogen functional groups attached to an aromatic ring is 1. The van der Waals surface area contributed by atoms with E-state index in [9.17, 15) is 32.5 Å². The summed E-state index contributed by atoms with van der Waals surface area (Å²) in [5, 5.41) is 20.4. The van der Waals surface area contributed by atoms with Crippen LogP contribution in [-0.4, -0.2) is 83.3 Å². The lowest BCUT2D eigenvalue weighted by atomic mass is 9.98. The predicted molar refractivity (Wildman–Crippen MR) is 118 cm³/mol. The average Bonchev–Trinajstić information content (AvgIpc) is 3.39. The Bertz CT molecular complexity index is 1290. The molecule has 7 N–H and O–H groups in total. The fourth-order valence-corrected chi connectivity index (χ4v) is 4.35. The Balaban J connectivity index is 1.90. The molecule has 0 unspecified atom stereocenters. The van der Waals surface area contributed by atoms with Crippen LogP contribution in [0.5, 0.6) is 0 Å². The number of hydrogen-bond acceptors (Lipinski definition) is 13. The zero-order chi connectivity index (χ0) is 26.1. The van der Waals surface area contributed by atoms with Gasteiger partial charge in [0.05, 0.1) is 19.1 Å². The minimum Gasteiger partial charge on any atom is -0.478 e. The number of carbonyl (C=O) groups excluding carboxylic acids is 2. The summed E-state index contributed by atoms with van der Waals surface area (Å²) in [6.45, 7) is 2.03. The molecular weight excluding hydrogens is 510 g/mol. The molecule has 0 aromatic carbocycles. The van der Waals surface area contributed by atoms with E-state index >= 15 is 0 Å². The van der Waals surface area contributed by atoms with E-state index < -0.39 is 51.5 Å². The number of hydrogen-bond donors (Lipinski definition) is 5. The highest BCUT2D eigenvalue weighted by atomic mass is 32.2. The minimum atomic E-state index is -4.97. The van der Waals surface area contributed by atoms with Crippen LogP contribution in [0, 0.1) is 0 Å². The Morgan fingerprint density at radius 3 is 2.63 bits per heavy atom. The number of aliphatic carboxylic acids is 1. The fraction of sp³-hybridized carbons (Fsp3) is 0.438. The number of carboxylic acids is 1. The van der Waals surface area contributed by atoms with Gasteiger partial charge in [0.1, 0.15) is 23.9 Å². The highest BCUT2D eigenvalue weighted by Gasteiger charge is 2.54. The van der Waals surface area contributed by atoms with Crippen LogP contribution in [0.25, 0.3) is 0 Å². The summed E-state index contributed by atoms with van der Waals surface area (Å²) < 4.78 is 34.3. The maximum absolute atomic E-state index is 13.0. The van der Waals surface area contributed by atoms with Crippen molar-refractivity contribution in [3.05, 3.63) is 23.2 Å². The number of oxime groups is 1. The number of nitrogens with zero attached hydrogens (tertiary/aromatic N) is 6. The van der Waals surface area contributed by atoms with Gasteiger partial charge in [-0.1, -0.05) is 5.16 Å². The number of rotatable bonds is 10. The molecule has 3 heterocycles. The van der Waals surface area contributed by atoms with Gasteiger partial charge in [-0.2, -0.15) is 13.5 Å². The van der Waals surface area contributed by atoms with Gasteiger partial charge in [-0.05, 0) is 13.8 Å². The van der Waals surface area contributed by atoms with Gasteiger partial charge in [0, 0.05) is 5.38 Å². The molecule has 0 spiro atoms. The van der Waals surface area contributed by atoms with Crippen LogP contribution in [0.15, 0.2) is 16.9 Å². The number of nitrogens with two attached hydrogens (primary N) is 2. The molecule has 19 heteroatoms. The quantitative estimate of drug-likeness (QED) is 0.0924. The molecular formula is C16H21N9O8S2. The lowest BCUT2D eigenvalue weighted by molar-refractivity contribution is -0.161. The van der Waals surface area contributed by atoms with E-state index in [-0.39, 0.29) is 34.0 Å². The minimum absolute atomic E-state index is 0.0533. The Labute approximate surface area is 201 Å². The largest absolute Gasteiger partial charge is 0.478 e. The summed E-state index contributed by atoms with van der Waals surface area (Å²) >= 11 is 0.956. The van der Waals surface area contributed by atoms with Gasteiger partial charge in [0.2, 0.25) is 5.60 Å². The summed E-state index contributed by atoms with van der Waals surface area (Å²) in [6.07, 6.45) is 1.16. The third kappa shape index (κ3) is 5.37. The Morgan fingerprint density at radius 1 is 1.40 bits per heavy atom. The van der Waals surface area contributed by atoms with Crippen LogP contribution in [0.3, 0.4) is 0 Å². The SMILES string of the molecule is CC(C)(ON=C(C(=O)N[C@@H]1C(=O)N(S(=O)(=O)O)[C@@H]1Cn1ncnc1CN)c1csc(N)n1)C(=O)O. The van der Waals surface area contributed by atoms with Crippen molar-refractivity contribution < 1.29 is 37.3 Å². The highest BCUT2D eigenvalue weighted by Crippen LogP contribution is 2.26. The molecule has 0 radical (unpaired) electrons. The summed E-state index contributed by atoms with van der Waals surface area (Å²) in [7, 11) is -4.97. The Morgan fingerprint density at radius 2 is 2.09 bits per heavy atom. The standard InChI is InChI=1S/C16H21N9O8S2/c1-16(2,14(28)29)33-23-10(7-5-34-15(18)21-7)12(26)22-11-8(25(13(11)27)35(30,31)32)4-24-9(3-17)19-6-20-24/h5-6,8,11H,3-4,17H2,1-2H3,(H2,18,21)(H,22,26)(H,28,29)(H,30,31,32)/t8-,11+/m1/s1. The van der Waals surface area contributed by atoms with Crippen molar-refractivity contribution in [3.8, 4) is 0 Å². The molecule has 1 aliphatic heterocycles. The number of aromatic nitrogens is 4. The van der Waals surface area contributed by atoms with Gasteiger partial charge >= 0.3 is 16.3 Å². The van der Waals surface area contributed by atoms with Crippen molar-refractivity contribution in [3.63, 3.8) is 0 Å². The molecule has 0 aliphatic carbocycles. The van der Waals surface area contributed by atoms with Gasteiger partial charge in [0.15, 0.2) is 10.8 Å². The monoisotopic (exact) mass is 531 g/mol. The van der Waals surface area contributed by atoms with Gasteiger partial charge < -0.3 is 26.7 Å². The molecule has 0 saturated carbocycles. The molecule has 190 valence electrons. The number of anilines is 1. The molecule has 1 aliphatic rings. The van der Waals surface area contributed by atoms with Gasteiger partial charge in [-0.3, -0.25) is 14.1 Å². The van der Waals surface area contributed by atoms with Gasteiger partial charge in [0.25, 0.3) is 11.8 Å². The molecule has 2 amide bonds. The van der Waals surface area contributed by atoms with Crippen LogP contribution >= 0.6 is 11.3 Å². The average molecular weight is 532 g/mol. The molecule has 3 rings (SSSR count). The third-order valence-corrected chi connectivity index (χ3v) is 6.42. The lowest BCUT2D eigenvalue weighted by Gasteiger charge is -2.44. The number of carbonyl (C=O) groups is 3. The first-order chi connectivity index (χ1) is 16.3. The van der Waals surface area contributed by atoms with E-state index in [0.29, 0.717) is 0 Å². The van der Waals surface area contributed by atoms with Crippen LogP contribution in [0.2, 0.25) is 0 Å². The van der Waals surface area contributed by atoms with Crippen molar-refractivity contribution in [2.45, 2.75) is 44.6 Å². The molecule has 2 aromatic heterocycles. The summed E-state index contributed by atoms with van der Waals surface area (Å²) in [5.74, 6) is -3.30. The molecule has 0 bridgehead atoms. The molecule has 35 heavy (non-hydrogen) atoms. The molecule has 1 saturated heterocycles. The van der Waals surface area contributed by atoms with Crippen LogP contribution < -0.4 is 16.8 Å². The Kier molecular flexibility index (Phi) is 7.06. The first kappa shape index (κ1) is 25.9. The fourth-order valence-electron chi connectivity index (χ4n) is 2.93. The maximum atomic E-state index is 13.0. The second-order valence-corrected chi connectivity index (χ2v) is 9.79. The van der Waals surface area contributed by atoms with E-state index in [1.54, 1.807) is 0 Å². The first-order valence-electron chi connectivity index (χ1n) is 9.65. The van der Waals surface area contributed by atoms with Crippen molar-refractivity contribution in [2.75, 3.05) is 5.73 Å². The van der Waals surface area contributed by atoms with E-state index in [1.165, 1.54) is 23.9 Å². The normalized spacial score (nSPS) is 18.8. The van der Waals surface area contributed by atoms with E-state index in [0.717, 1.165) is 17.7 Å². The number of thiazole rings is 1. The van der Waals surface area contributed by atoms with Crippen LogP contribution in [-0.2, 0) is 42.6 Å². The molecule has 1 fully saturated rings.